The number of carbonyl (C=O) groups is 2. The van der Waals surface area contributed by atoms with Crippen LogP contribution in [0.1, 0.15) is 47.0 Å². The van der Waals surface area contributed by atoms with Gasteiger partial charge in [0.15, 0.2) is 5.78 Å². The number of rotatable bonds is 4. The molecule has 1 aliphatic heterocycles. The minimum absolute atomic E-state index is 0.0399. The van der Waals surface area contributed by atoms with Crippen LogP contribution in [0.4, 0.5) is 0 Å². The summed E-state index contributed by atoms with van der Waals surface area (Å²) in [5, 5.41) is 0. The molecule has 0 saturated carbocycles. The van der Waals surface area contributed by atoms with E-state index in [2.05, 4.69) is 13.8 Å². The highest BCUT2D eigenvalue weighted by atomic mass is 16.2. The third-order valence-electron chi connectivity index (χ3n) is 3.32. The van der Waals surface area contributed by atoms with Crippen LogP contribution < -0.4 is 0 Å². The van der Waals surface area contributed by atoms with Crippen molar-refractivity contribution in [1.29, 1.82) is 0 Å². The van der Waals surface area contributed by atoms with Crippen molar-refractivity contribution in [2.24, 2.45) is 11.8 Å². The SMILES string of the molecule is CCC(=O)[C@@H]1C[C@@H](CC(C)C)CN1C(C)=O. The fourth-order valence-electron chi connectivity index (χ4n) is 2.65. The molecule has 0 radical (unpaired) electrons. The second-order valence-corrected chi connectivity index (χ2v) is 5.24. The first-order valence-electron chi connectivity index (χ1n) is 6.25. The largest absolute Gasteiger partial charge is 0.333 e. The van der Waals surface area contributed by atoms with Crippen molar-refractivity contribution in [3.05, 3.63) is 0 Å². The summed E-state index contributed by atoms with van der Waals surface area (Å²) in [5.41, 5.74) is 0. The van der Waals surface area contributed by atoms with E-state index in [-0.39, 0.29) is 17.7 Å². The van der Waals surface area contributed by atoms with E-state index in [0.717, 1.165) is 19.4 Å². The van der Waals surface area contributed by atoms with Crippen LogP contribution in [-0.2, 0) is 9.59 Å². The predicted octanol–water partition coefficient (Wildman–Crippen LogP) is 2.25. The van der Waals surface area contributed by atoms with E-state index >= 15 is 0 Å². The predicted molar refractivity (Wildman–Crippen MR) is 64.0 cm³/mol. The molecule has 2 atom stereocenters. The van der Waals surface area contributed by atoms with E-state index < -0.39 is 0 Å². The number of hydrogen-bond donors (Lipinski definition) is 0. The Hall–Kier alpha value is -0.860. The molecule has 1 heterocycles. The molecular formula is C13H23NO2. The van der Waals surface area contributed by atoms with Crippen LogP contribution in [0.2, 0.25) is 0 Å². The van der Waals surface area contributed by atoms with Crippen molar-refractivity contribution in [2.75, 3.05) is 6.54 Å². The van der Waals surface area contributed by atoms with Gasteiger partial charge in [-0.15, -0.1) is 0 Å². The molecular weight excluding hydrogens is 202 g/mol. The Morgan fingerprint density at radius 1 is 1.38 bits per heavy atom. The quantitative estimate of drug-likeness (QED) is 0.736. The minimum atomic E-state index is -0.147. The molecule has 1 saturated heterocycles. The fourth-order valence-corrected chi connectivity index (χ4v) is 2.65. The topological polar surface area (TPSA) is 37.4 Å². The van der Waals surface area contributed by atoms with Crippen LogP contribution in [0.3, 0.4) is 0 Å². The average Bonchev–Trinajstić information content (AvgIpc) is 2.59. The van der Waals surface area contributed by atoms with Crippen LogP contribution in [0.25, 0.3) is 0 Å². The fraction of sp³-hybridized carbons (Fsp3) is 0.846. The molecule has 0 spiro atoms. The molecule has 1 fully saturated rings. The molecule has 1 aliphatic rings. The van der Waals surface area contributed by atoms with Crippen LogP contribution in [0.15, 0.2) is 0 Å². The first-order chi connectivity index (χ1) is 7.45. The van der Waals surface area contributed by atoms with E-state index in [1.165, 1.54) is 0 Å². The third-order valence-corrected chi connectivity index (χ3v) is 3.32. The van der Waals surface area contributed by atoms with E-state index in [1.54, 1.807) is 11.8 Å². The highest BCUT2D eigenvalue weighted by molar-refractivity contribution is 5.88. The molecule has 3 nitrogen and oxygen atoms in total. The minimum Gasteiger partial charge on any atom is -0.333 e. The second-order valence-electron chi connectivity index (χ2n) is 5.24. The molecule has 0 aromatic rings. The van der Waals surface area contributed by atoms with Gasteiger partial charge in [-0.2, -0.15) is 0 Å². The van der Waals surface area contributed by atoms with Crippen molar-refractivity contribution in [1.82, 2.24) is 4.90 Å². The highest BCUT2D eigenvalue weighted by Crippen LogP contribution is 2.29. The Morgan fingerprint density at radius 2 is 2.00 bits per heavy atom. The Morgan fingerprint density at radius 3 is 2.44 bits per heavy atom. The van der Waals surface area contributed by atoms with Gasteiger partial charge in [-0.3, -0.25) is 9.59 Å². The van der Waals surface area contributed by atoms with Gasteiger partial charge in [0.05, 0.1) is 6.04 Å². The molecule has 0 unspecified atom stereocenters. The maximum absolute atomic E-state index is 11.8. The van der Waals surface area contributed by atoms with Gasteiger partial charge in [-0.25, -0.2) is 0 Å². The van der Waals surface area contributed by atoms with Gasteiger partial charge in [-0.1, -0.05) is 20.8 Å². The maximum Gasteiger partial charge on any atom is 0.220 e. The zero-order valence-electron chi connectivity index (χ0n) is 10.8. The van der Waals surface area contributed by atoms with Crippen LogP contribution in [0, 0.1) is 11.8 Å². The number of likely N-dealkylation sites (tertiary alicyclic amines) is 1. The van der Waals surface area contributed by atoms with Gasteiger partial charge in [0, 0.05) is 19.9 Å². The number of nitrogens with zero attached hydrogens (tertiary/aromatic N) is 1. The monoisotopic (exact) mass is 225 g/mol. The summed E-state index contributed by atoms with van der Waals surface area (Å²) in [6, 6.07) is -0.147. The number of amides is 1. The van der Waals surface area contributed by atoms with Gasteiger partial charge in [0.25, 0.3) is 0 Å². The molecule has 0 aliphatic carbocycles. The van der Waals surface area contributed by atoms with Gasteiger partial charge in [0.2, 0.25) is 5.91 Å². The molecule has 0 bridgehead atoms. The molecule has 1 rings (SSSR count). The molecule has 0 aromatic heterocycles. The average molecular weight is 225 g/mol. The molecule has 1 amide bonds. The Kier molecular flexibility index (Phi) is 4.51. The first kappa shape index (κ1) is 13.2. The highest BCUT2D eigenvalue weighted by Gasteiger charge is 2.37. The number of Topliss-reactive ketones (excluding diaryl/α,β-unsaturated/α-hetero) is 1. The Labute approximate surface area is 98.2 Å². The Balaban J connectivity index is 2.68. The van der Waals surface area contributed by atoms with Crippen molar-refractivity contribution < 1.29 is 9.59 Å². The van der Waals surface area contributed by atoms with Crippen molar-refractivity contribution >= 4 is 11.7 Å². The lowest BCUT2D eigenvalue weighted by molar-refractivity contribution is -0.135. The van der Waals surface area contributed by atoms with E-state index in [1.807, 2.05) is 6.92 Å². The first-order valence-corrected chi connectivity index (χ1v) is 6.25. The van der Waals surface area contributed by atoms with Gasteiger partial charge in [0.1, 0.15) is 0 Å². The van der Waals surface area contributed by atoms with E-state index in [9.17, 15) is 9.59 Å². The molecule has 0 aromatic carbocycles. The van der Waals surface area contributed by atoms with Crippen molar-refractivity contribution in [3.8, 4) is 0 Å². The summed E-state index contributed by atoms with van der Waals surface area (Å²) in [6.45, 7) is 8.58. The van der Waals surface area contributed by atoms with Crippen LogP contribution in [0.5, 0.6) is 0 Å². The molecule has 16 heavy (non-hydrogen) atoms. The summed E-state index contributed by atoms with van der Waals surface area (Å²) >= 11 is 0. The summed E-state index contributed by atoms with van der Waals surface area (Å²) in [7, 11) is 0. The second kappa shape index (κ2) is 5.46. The summed E-state index contributed by atoms with van der Waals surface area (Å²) in [6.07, 6.45) is 2.50. The third kappa shape index (κ3) is 3.06. The number of carbonyl (C=O) groups excluding carboxylic acids is 2. The molecule has 0 N–H and O–H groups in total. The lowest BCUT2D eigenvalue weighted by atomic mass is 9.93. The molecule has 92 valence electrons. The molecule has 3 heteroatoms. The standard InChI is InChI=1S/C13H23NO2/c1-5-13(16)12-7-11(6-9(2)3)8-14(12)10(4)15/h9,11-12H,5-8H2,1-4H3/t11-,12+/m1/s1. The zero-order valence-corrected chi connectivity index (χ0v) is 10.8. The normalized spacial score (nSPS) is 25.2. The Bertz CT molecular complexity index is 273. The van der Waals surface area contributed by atoms with Crippen LogP contribution >= 0.6 is 0 Å². The van der Waals surface area contributed by atoms with Crippen molar-refractivity contribution in [3.63, 3.8) is 0 Å². The zero-order chi connectivity index (χ0) is 12.3. The lowest BCUT2D eigenvalue weighted by Crippen LogP contribution is -2.38. The van der Waals surface area contributed by atoms with Crippen LogP contribution in [-0.4, -0.2) is 29.2 Å². The van der Waals surface area contributed by atoms with E-state index in [0.29, 0.717) is 18.3 Å². The summed E-state index contributed by atoms with van der Waals surface area (Å²) < 4.78 is 0. The summed E-state index contributed by atoms with van der Waals surface area (Å²) in [4.78, 5) is 25.0. The van der Waals surface area contributed by atoms with E-state index in [4.69, 9.17) is 0 Å². The van der Waals surface area contributed by atoms with Crippen molar-refractivity contribution in [2.45, 2.75) is 53.0 Å². The summed E-state index contributed by atoms with van der Waals surface area (Å²) in [5.74, 6) is 1.39. The lowest BCUT2D eigenvalue weighted by Gasteiger charge is -2.21. The van der Waals surface area contributed by atoms with Gasteiger partial charge >= 0.3 is 0 Å². The number of hydrogen-bond acceptors (Lipinski definition) is 2. The smallest absolute Gasteiger partial charge is 0.220 e. The van der Waals surface area contributed by atoms with Gasteiger partial charge < -0.3 is 4.90 Å². The maximum atomic E-state index is 11.8. The number of ketones is 1. The van der Waals surface area contributed by atoms with Gasteiger partial charge in [-0.05, 0) is 24.7 Å².